The lowest BCUT2D eigenvalue weighted by molar-refractivity contribution is -0.138. The van der Waals surface area contributed by atoms with E-state index < -0.39 is 5.72 Å². The van der Waals surface area contributed by atoms with Gasteiger partial charge in [-0.15, -0.1) is 0 Å². The molecule has 2 amide bonds. The molecule has 3 saturated heterocycles. The Labute approximate surface area is 161 Å². The van der Waals surface area contributed by atoms with Gasteiger partial charge in [0, 0.05) is 25.4 Å². The Bertz CT molecular complexity index is 922. The van der Waals surface area contributed by atoms with E-state index >= 15 is 0 Å². The zero-order chi connectivity index (χ0) is 18.6. The molecule has 2 aromatic rings. The maximum Gasteiger partial charge on any atom is 0.255 e. The summed E-state index contributed by atoms with van der Waals surface area (Å²) < 4.78 is 6.46. The van der Waals surface area contributed by atoms with Gasteiger partial charge in [0.15, 0.2) is 5.72 Å². The zero-order valence-corrected chi connectivity index (χ0v) is 15.3. The van der Waals surface area contributed by atoms with E-state index in [4.69, 9.17) is 16.3 Å². The Morgan fingerprint density at radius 1 is 1.26 bits per heavy atom. The maximum atomic E-state index is 13.0. The molecule has 6 nitrogen and oxygen atoms in total. The van der Waals surface area contributed by atoms with E-state index in [1.165, 1.54) is 12.4 Å². The molecule has 0 bridgehead atoms. The van der Waals surface area contributed by atoms with Crippen LogP contribution in [-0.2, 0) is 9.53 Å². The molecule has 0 aliphatic carbocycles. The number of nitrogens with zero attached hydrogens (tertiary/aromatic N) is 3. The molecule has 138 valence electrons. The second-order valence-electron chi connectivity index (χ2n) is 7.23. The highest BCUT2D eigenvalue weighted by atomic mass is 35.5. The molecule has 0 saturated carbocycles. The number of rotatable bonds is 2. The number of hydrogen-bond acceptors (Lipinski definition) is 4. The standard InChI is InChI=1S/C20H18ClN3O3/c21-15-8-14(10-22-11-15)19(26)23-7-6-20-17(23)9-18(25)24(20)12-16(27-20)13-4-2-1-3-5-13/h1-5,8,10-11,16-17H,6-7,9,12H2/t16-,17-,20+/m1/s1. The van der Waals surface area contributed by atoms with Gasteiger partial charge in [-0.3, -0.25) is 14.6 Å². The second-order valence-corrected chi connectivity index (χ2v) is 7.66. The highest BCUT2D eigenvalue weighted by Gasteiger charge is 2.65. The van der Waals surface area contributed by atoms with Crippen molar-refractivity contribution in [2.45, 2.75) is 30.7 Å². The molecule has 5 rings (SSSR count). The first-order valence-corrected chi connectivity index (χ1v) is 9.41. The molecule has 0 unspecified atom stereocenters. The van der Waals surface area contributed by atoms with Crippen LogP contribution in [0.25, 0.3) is 0 Å². The van der Waals surface area contributed by atoms with Crippen molar-refractivity contribution in [2.75, 3.05) is 13.1 Å². The highest BCUT2D eigenvalue weighted by molar-refractivity contribution is 6.30. The Kier molecular flexibility index (Phi) is 3.74. The Morgan fingerprint density at radius 2 is 2.07 bits per heavy atom. The summed E-state index contributed by atoms with van der Waals surface area (Å²) in [6.45, 7) is 1.07. The van der Waals surface area contributed by atoms with E-state index in [0.717, 1.165) is 5.56 Å². The lowest BCUT2D eigenvalue weighted by Crippen LogP contribution is -2.48. The summed E-state index contributed by atoms with van der Waals surface area (Å²) >= 11 is 5.98. The molecule has 1 aromatic heterocycles. The number of likely N-dealkylation sites (tertiary alicyclic amines) is 1. The lowest BCUT2D eigenvalue weighted by Gasteiger charge is -2.32. The van der Waals surface area contributed by atoms with Crippen molar-refractivity contribution in [3.05, 3.63) is 64.9 Å². The summed E-state index contributed by atoms with van der Waals surface area (Å²) in [5, 5.41) is 0.417. The first-order chi connectivity index (χ1) is 13.1. The molecule has 1 aromatic carbocycles. The molecular weight excluding hydrogens is 366 g/mol. The summed E-state index contributed by atoms with van der Waals surface area (Å²) in [6, 6.07) is 11.2. The number of carbonyl (C=O) groups is 2. The molecular formula is C20H18ClN3O3. The molecule has 0 radical (unpaired) electrons. The molecule has 7 heteroatoms. The normalized spacial score (nSPS) is 29.1. The van der Waals surface area contributed by atoms with Gasteiger partial charge in [0.1, 0.15) is 6.10 Å². The van der Waals surface area contributed by atoms with Crippen molar-refractivity contribution in [3.8, 4) is 0 Å². The maximum absolute atomic E-state index is 13.0. The minimum atomic E-state index is -0.723. The van der Waals surface area contributed by atoms with Crippen molar-refractivity contribution in [3.63, 3.8) is 0 Å². The van der Waals surface area contributed by atoms with Crippen molar-refractivity contribution in [2.24, 2.45) is 0 Å². The number of aromatic nitrogens is 1. The number of ether oxygens (including phenoxy) is 1. The van der Waals surface area contributed by atoms with Crippen molar-refractivity contribution < 1.29 is 14.3 Å². The van der Waals surface area contributed by atoms with Crippen LogP contribution >= 0.6 is 11.6 Å². The average Bonchev–Trinajstić information content (AvgIpc) is 3.30. The van der Waals surface area contributed by atoms with Crippen molar-refractivity contribution >= 4 is 23.4 Å². The van der Waals surface area contributed by atoms with Crippen LogP contribution < -0.4 is 0 Å². The van der Waals surface area contributed by atoms with Gasteiger partial charge in [0.05, 0.1) is 29.6 Å². The molecule has 3 aliphatic heterocycles. The van der Waals surface area contributed by atoms with Crippen LogP contribution in [0, 0.1) is 0 Å². The minimum Gasteiger partial charge on any atom is -0.343 e. The first-order valence-electron chi connectivity index (χ1n) is 9.03. The highest BCUT2D eigenvalue weighted by Crippen LogP contribution is 2.50. The average molecular weight is 384 g/mol. The number of amides is 2. The summed E-state index contributed by atoms with van der Waals surface area (Å²) in [4.78, 5) is 33.3. The zero-order valence-electron chi connectivity index (χ0n) is 14.5. The molecule has 1 spiro atoms. The Morgan fingerprint density at radius 3 is 2.85 bits per heavy atom. The third kappa shape index (κ3) is 2.47. The monoisotopic (exact) mass is 383 g/mol. The summed E-state index contributed by atoms with van der Waals surface area (Å²) in [5.74, 6) is -0.117. The van der Waals surface area contributed by atoms with Gasteiger partial charge in [-0.05, 0) is 11.6 Å². The van der Waals surface area contributed by atoms with Gasteiger partial charge in [0.25, 0.3) is 5.91 Å². The van der Waals surface area contributed by atoms with E-state index in [9.17, 15) is 9.59 Å². The van der Waals surface area contributed by atoms with Crippen LogP contribution in [0.4, 0.5) is 0 Å². The Balaban J connectivity index is 1.45. The van der Waals surface area contributed by atoms with Crippen molar-refractivity contribution in [1.29, 1.82) is 0 Å². The third-order valence-electron chi connectivity index (χ3n) is 5.81. The molecule has 3 atom stereocenters. The van der Waals surface area contributed by atoms with E-state index in [1.807, 2.05) is 35.2 Å². The van der Waals surface area contributed by atoms with Gasteiger partial charge in [-0.2, -0.15) is 0 Å². The number of benzene rings is 1. The predicted octanol–water partition coefficient (Wildman–Crippen LogP) is 2.65. The molecule has 3 aliphatic rings. The van der Waals surface area contributed by atoms with Crippen LogP contribution in [0.1, 0.15) is 34.9 Å². The predicted molar refractivity (Wildman–Crippen MR) is 98.0 cm³/mol. The number of halogens is 1. The summed E-state index contributed by atoms with van der Waals surface area (Å²) in [6.07, 6.45) is 3.75. The topological polar surface area (TPSA) is 62.7 Å². The SMILES string of the molecule is O=C(c1cncc(Cl)c1)N1CC[C@@]23O[C@@H](c4ccccc4)CN2C(=O)C[C@@H]13. The van der Waals surface area contributed by atoms with E-state index in [2.05, 4.69) is 4.98 Å². The number of hydrogen-bond donors (Lipinski definition) is 0. The minimum absolute atomic E-state index is 0.0418. The summed E-state index contributed by atoms with van der Waals surface area (Å²) in [7, 11) is 0. The van der Waals surface area contributed by atoms with Gasteiger partial charge in [-0.1, -0.05) is 41.9 Å². The van der Waals surface area contributed by atoms with Crippen LogP contribution in [0.2, 0.25) is 5.02 Å². The van der Waals surface area contributed by atoms with Gasteiger partial charge >= 0.3 is 0 Å². The number of carbonyl (C=O) groups excluding carboxylic acids is 2. The van der Waals surface area contributed by atoms with Gasteiger partial charge < -0.3 is 14.5 Å². The largest absolute Gasteiger partial charge is 0.343 e. The van der Waals surface area contributed by atoms with E-state index in [-0.39, 0.29) is 24.0 Å². The van der Waals surface area contributed by atoms with Crippen molar-refractivity contribution in [1.82, 2.24) is 14.8 Å². The first kappa shape index (κ1) is 16.7. The van der Waals surface area contributed by atoms with Crippen LogP contribution in [0.5, 0.6) is 0 Å². The summed E-state index contributed by atoms with van der Waals surface area (Å²) in [5.41, 5.74) is 0.763. The Hall–Kier alpha value is -2.44. The number of pyridine rings is 1. The molecule has 4 heterocycles. The smallest absolute Gasteiger partial charge is 0.255 e. The van der Waals surface area contributed by atoms with Gasteiger partial charge in [-0.25, -0.2) is 0 Å². The quantitative estimate of drug-likeness (QED) is 0.799. The fraction of sp³-hybridized carbons (Fsp3) is 0.350. The molecule has 27 heavy (non-hydrogen) atoms. The fourth-order valence-corrected chi connectivity index (χ4v) is 4.78. The fourth-order valence-electron chi connectivity index (χ4n) is 4.60. The molecule has 0 N–H and O–H groups in total. The van der Waals surface area contributed by atoms with Crippen LogP contribution in [0.3, 0.4) is 0 Å². The van der Waals surface area contributed by atoms with Crippen LogP contribution in [-0.4, -0.2) is 51.5 Å². The van der Waals surface area contributed by atoms with Crippen LogP contribution in [0.15, 0.2) is 48.8 Å². The van der Waals surface area contributed by atoms with E-state index in [0.29, 0.717) is 36.5 Å². The van der Waals surface area contributed by atoms with Gasteiger partial charge in [0.2, 0.25) is 5.91 Å². The van der Waals surface area contributed by atoms with E-state index in [1.54, 1.807) is 11.0 Å². The lowest BCUT2D eigenvalue weighted by atomic mass is 10.1. The second kappa shape index (κ2) is 6.04. The third-order valence-corrected chi connectivity index (χ3v) is 6.02. The molecule has 3 fully saturated rings.